The van der Waals surface area contributed by atoms with Crippen LogP contribution in [-0.2, 0) is 10.0 Å². The van der Waals surface area contributed by atoms with Crippen molar-refractivity contribution in [2.75, 3.05) is 20.6 Å². The molecule has 1 aromatic rings. The van der Waals surface area contributed by atoms with Crippen LogP contribution in [0, 0.1) is 0 Å². The molecule has 0 bridgehead atoms. The maximum Gasteiger partial charge on any atom is 0.215 e. The van der Waals surface area contributed by atoms with Gasteiger partial charge in [0.05, 0.1) is 11.3 Å². The Morgan fingerprint density at radius 1 is 1.32 bits per heavy atom. The fourth-order valence-electron chi connectivity index (χ4n) is 1.94. The molecule has 0 spiro atoms. The fourth-order valence-corrected chi connectivity index (χ4v) is 3.63. The van der Waals surface area contributed by atoms with Gasteiger partial charge in [-0.1, -0.05) is 23.7 Å². The number of rotatable bonds is 6. The van der Waals surface area contributed by atoms with Crippen LogP contribution in [0.3, 0.4) is 0 Å². The molecular weight excluding hydrogens is 284 g/mol. The largest absolute Gasteiger partial charge is 0.307 e. The van der Waals surface area contributed by atoms with Crippen LogP contribution in [0.15, 0.2) is 24.3 Å². The van der Waals surface area contributed by atoms with Crippen molar-refractivity contribution in [3.8, 4) is 0 Å². The Morgan fingerprint density at radius 3 is 2.37 bits per heavy atom. The van der Waals surface area contributed by atoms with Crippen molar-refractivity contribution in [1.82, 2.24) is 9.62 Å². The standard InChI is InChI=1S/C13H19ClN2O2S/c1-16(2)9-13(10-3-5-11(14)6-4-10)15-19(17,18)12-7-8-12/h3-6,12-13,15H,7-9H2,1-2H3/t13-/m1/s1. The van der Waals surface area contributed by atoms with Gasteiger partial charge in [-0.15, -0.1) is 0 Å². The summed E-state index contributed by atoms with van der Waals surface area (Å²) in [4.78, 5) is 1.97. The number of nitrogens with zero attached hydrogens (tertiary/aromatic N) is 1. The predicted molar refractivity (Wildman–Crippen MR) is 77.8 cm³/mol. The van der Waals surface area contributed by atoms with Crippen molar-refractivity contribution in [2.24, 2.45) is 0 Å². The van der Waals surface area contributed by atoms with E-state index in [4.69, 9.17) is 11.6 Å². The van der Waals surface area contributed by atoms with E-state index in [2.05, 4.69) is 4.72 Å². The molecule has 1 atom stereocenters. The third-order valence-electron chi connectivity index (χ3n) is 3.09. The molecule has 106 valence electrons. The van der Waals surface area contributed by atoms with Crippen LogP contribution in [0.25, 0.3) is 0 Å². The number of nitrogens with one attached hydrogen (secondary N) is 1. The molecule has 0 saturated heterocycles. The molecule has 1 fully saturated rings. The molecule has 0 heterocycles. The van der Waals surface area contributed by atoms with Crippen LogP contribution >= 0.6 is 11.6 Å². The zero-order chi connectivity index (χ0) is 14.0. The van der Waals surface area contributed by atoms with Crippen molar-refractivity contribution in [1.29, 1.82) is 0 Å². The maximum absolute atomic E-state index is 12.1. The first kappa shape index (κ1) is 14.8. The van der Waals surface area contributed by atoms with E-state index in [-0.39, 0.29) is 11.3 Å². The van der Waals surface area contributed by atoms with Crippen molar-refractivity contribution >= 4 is 21.6 Å². The minimum atomic E-state index is -3.20. The Kier molecular flexibility index (Phi) is 4.50. The van der Waals surface area contributed by atoms with Crippen LogP contribution in [0.2, 0.25) is 5.02 Å². The topological polar surface area (TPSA) is 49.4 Å². The number of halogens is 1. The average Bonchev–Trinajstić information content (AvgIpc) is 3.12. The van der Waals surface area contributed by atoms with Gasteiger partial charge >= 0.3 is 0 Å². The molecule has 6 heteroatoms. The van der Waals surface area contributed by atoms with Gasteiger partial charge in [-0.2, -0.15) is 0 Å². The third-order valence-corrected chi connectivity index (χ3v) is 5.30. The van der Waals surface area contributed by atoms with E-state index >= 15 is 0 Å². The molecule has 1 saturated carbocycles. The number of hydrogen-bond acceptors (Lipinski definition) is 3. The summed E-state index contributed by atoms with van der Waals surface area (Å²) in [6, 6.07) is 7.06. The summed E-state index contributed by atoms with van der Waals surface area (Å²) in [5, 5.41) is 0.446. The van der Waals surface area contributed by atoms with Gasteiger partial charge < -0.3 is 4.90 Å². The van der Waals surface area contributed by atoms with Gasteiger partial charge in [-0.25, -0.2) is 13.1 Å². The highest BCUT2D eigenvalue weighted by Crippen LogP contribution is 2.29. The van der Waals surface area contributed by atoms with E-state index in [0.717, 1.165) is 18.4 Å². The smallest absolute Gasteiger partial charge is 0.215 e. The Morgan fingerprint density at radius 2 is 1.89 bits per heavy atom. The lowest BCUT2D eigenvalue weighted by atomic mass is 10.1. The Labute approximate surface area is 119 Å². The van der Waals surface area contributed by atoms with Gasteiger partial charge in [-0.3, -0.25) is 0 Å². The lowest BCUT2D eigenvalue weighted by molar-refractivity contribution is 0.363. The molecule has 4 nitrogen and oxygen atoms in total. The Balaban J connectivity index is 2.18. The number of sulfonamides is 1. The molecule has 19 heavy (non-hydrogen) atoms. The highest BCUT2D eigenvalue weighted by molar-refractivity contribution is 7.90. The second-order valence-electron chi connectivity index (χ2n) is 5.23. The second-order valence-corrected chi connectivity index (χ2v) is 7.66. The molecule has 1 aromatic carbocycles. The molecule has 0 radical (unpaired) electrons. The molecule has 0 amide bonds. The van der Waals surface area contributed by atoms with Gasteiger partial charge in [0.15, 0.2) is 0 Å². The first-order valence-corrected chi connectivity index (χ1v) is 8.22. The summed E-state index contributed by atoms with van der Waals surface area (Å²) in [6.07, 6.45) is 1.54. The molecule has 0 unspecified atom stereocenters. The zero-order valence-electron chi connectivity index (χ0n) is 11.1. The maximum atomic E-state index is 12.1. The molecular formula is C13H19ClN2O2S. The summed E-state index contributed by atoms with van der Waals surface area (Å²) in [5.41, 5.74) is 0.933. The predicted octanol–water partition coefficient (Wildman–Crippen LogP) is 2.02. The summed E-state index contributed by atoms with van der Waals surface area (Å²) < 4.78 is 26.9. The molecule has 2 rings (SSSR count). The monoisotopic (exact) mass is 302 g/mol. The van der Waals surface area contributed by atoms with E-state index in [1.54, 1.807) is 12.1 Å². The first-order valence-electron chi connectivity index (χ1n) is 6.30. The Bertz CT molecular complexity index is 524. The van der Waals surface area contributed by atoms with Crippen molar-refractivity contribution in [3.05, 3.63) is 34.9 Å². The quantitative estimate of drug-likeness (QED) is 0.875. The zero-order valence-corrected chi connectivity index (χ0v) is 12.7. The number of benzene rings is 1. The SMILES string of the molecule is CN(C)C[C@@H](NS(=O)(=O)C1CC1)c1ccc(Cl)cc1. The highest BCUT2D eigenvalue weighted by atomic mass is 35.5. The highest BCUT2D eigenvalue weighted by Gasteiger charge is 2.37. The van der Waals surface area contributed by atoms with Gasteiger partial charge in [0.1, 0.15) is 0 Å². The van der Waals surface area contributed by atoms with Gasteiger partial charge in [-0.05, 0) is 44.6 Å². The molecule has 1 aliphatic carbocycles. The van der Waals surface area contributed by atoms with E-state index in [0.29, 0.717) is 11.6 Å². The first-order chi connectivity index (χ1) is 8.88. The van der Waals surface area contributed by atoms with E-state index in [1.165, 1.54) is 0 Å². The summed E-state index contributed by atoms with van der Waals surface area (Å²) in [6.45, 7) is 0.619. The molecule has 1 N–H and O–H groups in total. The minimum absolute atomic E-state index is 0.204. The fraction of sp³-hybridized carbons (Fsp3) is 0.538. The lowest BCUT2D eigenvalue weighted by Gasteiger charge is -2.22. The number of likely N-dealkylation sites (N-methyl/N-ethyl adjacent to an activating group) is 1. The molecule has 1 aliphatic rings. The number of hydrogen-bond donors (Lipinski definition) is 1. The summed E-state index contributed by atoms with van der Waals surface area (Å²) >= 11 is 5.87. The van der Waals surface area contributed by atoms with E-state index in [1.807, 2.05) is 31.1 Å². The van der Waals surface area contributed by atoms with Crippen LogP contribution in [0.4, 0.5) is 0 Å². The van der Waals surface area contributed by atoms with Crippen LogP contribution in [0.1, 0.15) is 24.4 Å². The summed E-state index contributed by atoms with van der Waals surface area (Å²) in [7, 11) is 0.650. The van der Waals surface area contributed by atoms with Crippen LogP contribution in [-0.4, -0.2) is 39.2 Å². The third kappa shape index (κ3) is 4.18. The second kappa shape index (κ2) is 5.79. The van der Waals surface area contributed by atoms with E-state index < -0.39 is 10.0 Å². The van der Waals surface area contributed by atoms with Gasteiger partial charge in [0.25, 0.3) is 0 Å². The summed E-state index contributed by atoms with van der Waals surface area (Å²) in [5.74, 6) is 0. The molecule has 0 aromatic heterocycles. The normalized spacial score (nSPS) is 17.7. The van der Waals surface area contributed by atoms with Crippen LogP contribution < -0.4 is 4.72 Å². The van der Waals surface area contributed by atoms with Gasteiger partial charge in [0.2, 0.25) is 10.0 Å². The molecule has 0 aliphatic heterocycles. The van der Waals surface area contributed by atoms with Crippen LogP contribution in [0.5, 0.6) is 0 Å². The lowest BCUT2D eigenvalue weighted by Crippen LogP contribution is -2.37. The van der Waals surface area contributed by atoms with E-state index in [9.17, 15) is 8.42 Å². The van der Waals surface area contributed by atoms with Crippen molar-refractivity contribution in [2.45, 2.75) is 24.1 Å². The average molecular weight is 303 g/mol. The minimum Gasteiger partial charge on any atom is -0.307 e. The van der Waals surface area contributed by atoms with Crippen molar-refractivity contribution in [3.63, 3.8) is 0 Å². The van der Waals surface area contributed by atoms with Gasteiger partial charge in [0, 0.05) is 11.6 Å². The van der Waals surface area contributed by atoms with Crippen molar-refractivity contribution < 1.29 is 8.42 Å². The Hall–Kier alpha value is -0.620.